The van der Waals surface area contributed by atoms with Crippen LogP contribution in [0.2, 0.25) is 0 Å². The molecule has 0 saturated heterocycles. The molecule has 0 spiro atoms. The van der Waals surface area contributed by atoms with Crippen LogP contribution in [0.15, 0.2) is 84.0 Å². The Labute approximate surface area is 398 Å². The second-order valence-electron chi connectivity index (χ2n) is 16.7. The lowest BCUT2D eigenvalue weighted by Gasteiger charge is -2.29. The lowest BCUT2D eigenvalue weighted by atomic mass is 9.96. The van der Waals surface area contributed by atoms with Gasteiger partial charge in [0, 0.05) is 36.5 Å². The highest BCUT2D eigenvalue weighted by Crippen LogP contribution is 2.20. The first kappa shape index (κ1) is 53.9. The van der Waals surface area contributed by atoms with Gasteiger partial charge in [0.15, 0.2) is 5.96 Å². The second-order valence-corrected chi connectivity index (χ2v) is 16.7. The Morgan fingerprint density at radius 3 is 1.71 bits per heavy atom. The van der Waals surface area contributed by atoms with E-state index in [9.17, 15) is 54.0 Å². The number of para-hydroxylation sites is 1. The van der Waals surface area contributed by atoms with Crippen molar-refractivity contribution in [2.75, 3.05) is 13.2 Å². The molecule has 0 aliphatic carbocycles. The molecule has 1 aromatic heterocycles. The number of guanidine groups is 1. The van der Waals surface area contributed by atoms with Crippen LogP contribution in [0.3, 0.4) is 0 Å². The maximum absolute atomic E-state index is 14.3. The molecule has 0 bridgehead atoms. The fourth-order valence-electron chi connectivity index (χ4n) is 7.17. The number of carboxylic acids is 1. The van der Waals surface area contributed by atoms with E-state index < -0.39 is 96.2 Å². The van der Waals surface area contributed by atoms with Crippen molar-refractivity contribution in [3.8, 4) is 11.5 Å². The average Bonchev–Trinajstić information content (AvgIpc) is 3.73. The summed E-state index contributed by atoms with van der Waals surface area (Å²) in [5, 5.41) is 55.6. The van der Waals surface area contributed by atoms with Gasteiger partial charge in [-0.25, -0.2) is 0 Å². The highest BCUT2D eigenvalue weighted by molar-refractivity contribution is 5.97. The molecule has 0 aliphatic heterocycles. The zero-order chi connectivity index (χ0) is 50.8. The monoisotopic (exact) mass is 957 g/mol. The predicted molar refractivity (Wildman–Crippen MR) is 255 cm³/mol. The Balaban J connectivity index is 1.56. The molecule has 0 fully saturated rings. The van der Waals surface area contributed by atoms with Gasteiger partial charge < -0.3 is 74.5 Å². The first-order chi connectivity index (χ1) is 32.8. The molecule has 4 aromatic rings. The fourth-order valence-corrected chi connectivity index (χ4v) is 7.17. The molecule has 0 aliphatic rings. The number of aromatic hydroxyl groups is 2. The number of carbonyl (C=O) groups excluding carboxylic acids is 6. The number of aliphatic hydroxyl groups is 1. The van der Waals surface area contributed by atoms with E-state index in [0.717, 1.165) is 16.5 Å². The number of fused-ring (bicyclic) bond motifs is 1. The van der Waals surface area contributed by atoms with Gasteiger partial charge in [-0.1, -0.05) is 62.7 Å². The largest absolute Gasteiger partial charge is 0.508 e. The van der Waals surface area contributed by atoms with Gasteiger partial charge >= 0.3 is 5.97 Å². The van der Waals surface area contributed by atoms with Crippen molar-refractivity contribution in [2.24, 2.45) is 28.1 Å². The predicted octanol–water partition coefficient (Wildman–Crippen LogP) is -0.960. The number of aliphatic hydroxyl groups excluding tert-OH is 1. The highest BCUT2D eigenvalue weighted by atomic mass is 16.4. The summed E-state index contributed by atoms with van der Waals surface area (Å²) in [6.45, 7) is 3.82. The number of phenolic OH excluding ortho intramolecular Hbond substituents is 2. The third-order valence-corrected chi connectivity index (χ3v) is 11.4. The minimum atomic E-state index is -1.71. The quantitative estimate of drug-likeness (QED) is 0.0205. The Bertz CT molecular complexity index is 2420. The van der Waals surface area contributed by atoms with E-state index in [1.165, 1.54) is 55.5 Å². The van der Waals surface area contributed by atoms with E-state index >= 15 is 0 Å². The molecular formula is C47H63N11O11. The molecule has 17 N–H and O–H groups in total. The van der Waals surface area contributed by atoms with Crippen molar-refractivity contribution in [1.29, 1.82) is 0 Å². The summed E-state index contributed by atoms with van der Waals surface area (Å²) >= 11 is 0. The maximum atomic E-state index is 14.3. The summed E-state index contributed by atoms with van der Waals surface area (Å²) in [5.74, 6) is -7.32. The smallest absolute Gasteiger partial charge is 0.325 e. The van der Waals surface area contributed by atoms with Gasteiger partial charge in [-0.15, -0.1) is 0 Å². The van der Waals surface area contributed by atoms with Crippen LogP contribution in [0.25, 0.3) is 10.9 Å². The van der Waals surface area contributed by atoms with Crippen molar-refractivity contribution in [1.82, 2.24) is 36.9 Å². The summed E-state index contributed by atoms with van der Waals surface area (Å²) in [6.07, 6.45) is 2.14. The van der Waals surface area contributed by atoms with E-state index in [1.807, 2.05) is 24.3 Å². The number of nitrogens with zero attached hydrogens (tertiary/aromatic N) is 1. The summed E-state index contributed by atoms with van der Waals surface area (Å²) in [7, 11) is 0. The number of aromatic amines is 1. The normalized spacial score (nSPS) is 14.6. The number of nitrogens with two attached hydrogens (primary N) is 3. The van der Waals surface area contributed by atoms with E-state index in [1.54, 1.807) is 20.0 Å². The van der Waals surface area contributed by atoms with E-state index in [0.29, 0.717) is 17.5 Å². The van der Waals surface area contributed by atoms with Crippen LogP contribution in [0.4, 0.5) is 0 Å². The lowest BCUT2D eigenvalue weighted by Crippen LogP contribution is -2.61. The molecule has 3 aromatic carbocycles. The number of benzene rings is 3. The average molecular weight is 958 g/mol. The van der Waals surface area contributed by atoms with Crippen molar-refractivity contribution in [3.05, 3.63) is 95.7 Å². The van der Waals surface area contributed by atoms with Gasteiger partial charge in [-0.05, 0) is 79.1 Å². The second kappa shape index (κ2) is 26.0. The van der Waals surface area contributed by atoms with Crippen LogP contribution < -0.4 is 49.1 Å². The molecule has 0 saturated carbocycles. The number of hydrogen-bond acceptors (Lipinski definition) is 12. The van der Waals surface area contributed by atoms with Crippen LogP contribution in [-0.2, 0) is 52.8 Å². The number of aliphatic carboxylic acids is 1. The Morgan fingerprint density at radius 2 is 1.16 bits per heavy atom. The lowest BCUT2D eigenvalue weighted by molar-refractivity contribution is -0.141. The molecule has 1 heterocycles. The number of carboxylic acid groups (broad SMARTS) is 1. The minimum Gasteiger partial charge on any atom is -0.508 e. The molecule has 69 heavy (non-hydrogen) atoms. The number of rotatable bonds is 26. The molecule has 0 unspecified atom stereocenters. The van der Waals surface area contributed by atoms with Gasteiger partial charge in [0.05, 0.1) is 12.6 Å². The number of amides is 6. The van der Waals surface area contributed by atoms with Crippen molar-refractivity contribution < 1.29 is 54.0 Å². The summed E-state index contributed by atoms with van der Waals surface area (Å²) in [5.41, 5.74) is 19.9. The number of carbonyl (C=O) groups is 7. The van der Waals surface area contributed by atoms with E-state index in [-0.39, 0.29) is 56.1 Å². The first-order valence-corrected chi connectivity index (χ1v) is 22.4. The van der Waals surface area contributed by atoms with Crippen LogP contribution in [0.5, 0.6) is 11.5 Å². The number of hydrogen-bond donors (Lipinski definition) is 14. The van der Waals surface area contributed by atoms with Crippen molar-refractivity contribution in [2.45, 2.75) is 102 Å². The van der Waals surface area contributed by atoms with Crippen LogP contribution in [0.1, 0.15) is 56.7 Å². The summed E-state index contributed by atoms with van der Waals surface area (Å²) in [6, 6.07) is 9.33. The van der Waals surface area contributed by atoms with Crippen LogP contribution in [0, 0.1) is 5.92 Å². The molecule has 372 valence electrons. The number of nitrogens with one attached hydrogen (secondary N) is 7. The Kier molecular flexibility index (Phi) is 20.3. The van der Waals surface area contributed by atoms with Crippen molar-refractivity contribution in [3.63, 3.8) is 0 Å². The van der Waals surface area contributed by atoms with Gasteiger partial charge in [0.1, 0.15) is 47.8 Å². The molecule has 4 rings (SSSR count). The minimum absolute atomic E-state index is 0.0372. The van der Waals surface area contributed by atoms with Gasteiger partial charge in [-0.3, -0.25) is 38.6 Å². The third kappa shape index (κ3) is 16.5. The first-order valence-electron chi connectivity index (χ1n) is 22.4. The van der Waals surface area contributed by atoms with Gasteiger partial charge in [-0.2, -0.15) is 0 Å². The van der Waals surface area contributed by atoms with E-state index in [4.69, 9.17) is 17.2 Å². The molecule has 22 nitrogen and oxygen atoms in total. The molecule has 8 atom stereocenters. The number of aromatic nitrogens is 1. The maximum Gasteiger partial charge on any atom is 0.325 e. The zero-order valence-corrected chi connectivity index (χ0v) is 38.6. The summed E-state index contributed by atoms with van der Waals surface area (Å²) in [4.78, 5) is 102. The zero-order valence-electron chi connectivity index (χ0n) is 38.6. The van der Waals surface area contributed by atoms with Crippen LogP contribution in [-0.4, -0.2) is 128 Å². The molecule has 6 amide bonds. The highest BCUT2D eigenvalue weighted by Gasteiger charge is 2.35. The molecule has 22 heteroatoms. The van der Waals surface area contributed by atoms with Crippen LogP contribution >= 0.6 is 0 Å². The number of aliphatic imine (C=N–C) groups is 1. The number of phenols is 2. The number of H-pyrrole nitrogens is 1. The topological polar surface area (TPSA) is 379 Å². The van der Waals surface area contributed by atoms with Crippen molar-refractivity contribution >= 4 is 58.3 Å². The molecule has 0 radical (unpaired) electrons. The van der Waals surface area contributed by atoms with Gasteiger partial charge in [0.2, 0.25) is 35.4 Å². The Hall–Kier alpha value is -7.72. The van der Waals surface area contributed by atoms with Gasteiger partial charge in [0.25, 0.3) is 0 Å². The molecular weight excluding hydrogens is 895 g/mol. The fraction of sp³-hybridized carbons (Fsp3) is 0.404. The Morgan fingerprint density at radius 1 is 0.652 bits per heavy atom. The third-order valence-electron chi connectivity index (χ3n) is 11.4. The summed E-state index contributed by atoms with van der Waals surface area (Å²) < 4.78 is 0. The SMILES string of the molecule is CC[C@H](C)[C@H](NC(=O)[C@H](CCCN=C(N)N)NC(=O)[C@@H](N)Cc1c[nH]c2ccccc12)C(=O)N[C@@H](Cc1ccc(O)cc1)C(=O)N[C@@H](CO)C(=O)N[C@@H](Cc1ccc(O)cc1)C(=O)N[C@@H](C)C(=O)O. The van der Waals surface area contributed by atoms with E-state index in [2.05, 4.69) is 41.9 Å². The standard InChI is InChI=1S/C47H63N11O11/c1-4-25(2)39(58-41(63)35(10-7-19-51-47(49)50)54-40(62)33(48)22-29-23-52-34-9-6-5-8-32(29)34)45(67)56-37(21-28-13-17-31(61)18-14-28)43(65)57-38(24-59)44(66)55-36(42(64)53-26(3)46(68)69)20-27-11-15-30(60)16-12-27/h5-6,8-9,11-18,23,25-26,33,35-39,52,59-61H,4,7,10,19-22,24,48H2,1-3H3,(H,53,64)(H,54,62)(H,55,66)(H,56,67)(H,57,65)(H,58,63)(H,68,69)(H4,49,50,51)/t25-,26-,33-,35-,36-,37-,38-,39-/m0/s1.